The Bertz CT molecular complexity index is 455. The van der Waals surface area contributed by atoms with Crippen molar-refractivity contribution in [2.45, 2.75) is 37.5 Å². The van der Waals surface area contributed by atoms with Gasteiger partial charge in [-0.25, -0.2) is 0 Å². The summed E-state index contributed by atoms with van der Waals surface area (Å²) in [5.74, 6) is -3.05. The highest BCUT2D eigenvalue weighted by atomic mass is 16.4. The highest BCUT2D eigenvalue weighted by Gasteiger charge is 2.28. The van der Waals surface area contributed by atoms with Gasteiger partial charge in [0.2, 0.25) is 17.7 Å². The summed E-state index contributed by atoms with van der Waals surface area (Å²) in [4.78, 5) is 44.9. The zero-order chi connectivity index (χ0) is 16.7. The van der Waals surface area contributed by atoms with Crippen molar-refractivity contribution in [2.75, 3.05) is 13.1 Å². The van der Waals surface area contributed by atoms with Crippen molar-refractivity contribution in [1.29, 1.82) is 0 Å². The second kappa shape index (κ2) is 8.29. The van der Waals surface area contributed by atoms with Crippen LogP contribution in [0.25, 0.3) is 0 Å². The number of β-amino-alcohol motifs (C(OH)–C–C–N with tert-alkyl or cyclic N) is 1. The largest absolute Gasteiger partial charge is 0.481 e. The molecule has 0 aromatic heterocycles. The minimum Gasteiger partial charge on any atom is -0.481 e. The summed E-state index contributed by atoms with van der Waals surface area (Å²) in [6.45, 7) is -0.0623. The summed E-state index contributed by atoms with van der Waals surface area (Å²) in [6, 6.07) is -1.67. The van der Waals surface area contributed by atoms with Gasteiger partial charge in [-0.3, -0.25) is 19.2 Å². The van der Waals surface area contributed by atoms with E-state index in [0.717, 1.165) is 0 Å². The van der Waals surface area contributed by atoms with Gasteiger partial charge in [0.15, 0.2) is 0 Å². The number of hydrogen-bond donors (Lipinski definition) is 6. The van der Waals surface area contributed by atoms with Gasteiger partial charge in [-0.1, -0.05) is 0 Å². The molecule has 124 valence electrons. The molecule has 0 aliphatic carbocycles. The molecule has 1 heterocycles. The van der Waals surface area contributed by atoms with Crippen LogP contribution in [-0.4, -0.2) is 65.2 Å². The van der Waals surface area contributed by atoms with E-state index in [1.165, 1.54) is 0 Å². The van der Waals surface area contributed by atoms with Crippen LogP contribution in [-0.2, 0) is 19.2 Å². The van der Waals surface area contributed by atoms with Crippen LogP contribution in [0.3, 0.4) is 0 Å². The number of carboxylic acid groups (broad SMARTS) is 1. The highest BCUT2D eigenvalue weighted by molar-refractivity contribution is 5.90. The Hall–Kier alpha value is -2.20. The number of rotatable bonds is 8. The maximum atomic E-state index is 11.7. The molecule has 0 unspecified atom stereocenters. The molecule has 1 rings (SSSR count). The number of amides is 3. The van der Waals surface area contributed by atoms with E-state index in [0.29, 0.717) is 6.54 Å². The number of aliphatic hydroxyl groups excluding tert-OH is 1. The summed E-state index contributed by atoms with van der Waals surface area (Å²) in [5, 5.41) is 25.3. The fraction of sp³-hybridized carbons (Fsp3) is 0.667. The summed E-state index contributed by atoms with van der Waals surface area (Å²) in [7, 11) is 0. The molecule has 0 saturated carbocycles. The zero-order valence-corrected chi connectivity index (χ0v) is 11.9. The molecule has 1 aliphatic heterocycles. The van der Waals surface area contributed by atoms with E-state index < -0.39 is 41.9 Å². The SMILES string of the molecule is NC(=O)[C@H](CCC(=O)O)NC(=O)CNC(=O)[C@@H]1C[C@@H](O)CN1. The van der Waals surface area contributed by atoms with Gasteiger partial charge in [-0.15, -0.1) is 0 Å². The molecular weight excluding hydrogens is 296 g/mol. The van der Waals surface area contributed by atoms with Crippen LogP contribution in [0.15, 0.2) is 0 Å². The van der Waals surface area contributed by atoms with Crippen molar-refractivity contribution in [3.8, 4) is 0 Å². The molecule has 0 radical (unpaired) electrons. The molecule has 1 aliphatic rings. The normalized spacial score (nSPS) is 21.9. The van der Waals surface area contributed by atoms with Crippen LogP contribution in [0.4, 0.5) is 0 Å². The van der Waals surface area contributed by atoms with Crippen LogP contribution >= 0.6 is 0 Å². The highest BCUT2D eigenvalue weighted by Crippen LogP contribution is 2.05. The molecule has 10 nitrogen and oxygen atoms in total. The van der Waals surface area contributed by atoms with Crippen molar-refractivity contribution in [1.82, 2.24) is 16.0 Å². The first-order chi connectivity index (χ1) is 10.3. The number of nitrogens with one attached hydrogen (secondary N) is 3. The third-order valence-electron chi connectivity index (χ3n) is 3.17. The van der Waals surface area contributed by atoms with E-state index in [1.807, 2.05) is 0 Å². The van der Waals surface area contributed by atoms with Gasteiger partial charge in [-0.2, -0.15) is 0 Å². The molecule has 10 heteroatoms. The standard InChI is InChI=1S/C12H20N4O6/c13-11(21)7(1-2-10(19)20)16-9(18)5-15-12(22)8-3-6(17)4-14-8/h6-8,14,17H,1-5H2,(H2,13,21)(H,15,22)(H,16,18)(H,19,20)/t6-,7+,8+/m1/s1. The van der Waals surface area contributed by atoms with Gasteiger partial charge in [0.25, 0.3) is 0 Å². The van der Waals surface area contributed by atoms with Crippen LogP contribution in [0.5, 0.6) is 0 Å². The van der Waals surface area contributed by atoms with Crippen LogP contribution in [0, 0.1) is 0 Å². The Labute approximate surface area is 126 Å². The number of carboxylic acids is 1. The first-order valence-electron chi connectivity index (χ1n) is 6.79. The van der Waals surface area contributed by atoms with E-state index in [1.54, 1.807) is 0 Å². The smallest absolute Gasteiger partial charge is 0.303 e. The van der Waals surface area contributed by atoms with E-state index >= 15 is 0 Å². The summed E-state index contributed by atoms with van der Waals surface area (Å²) in [5.41, 5.74) is 5.07. The second-order valence-electron chi connectivity index (χ2n) is 5.02. The predicted molar refractivity (Wildman–Crippen MR) is 73.4 cm³/mol. The predicted octanol–water partition coefficient (Wildman–Crippen LogP) is -3.34. The Morgan fingerprint density at radius 2 is 2.00 bits per heavy atom. The Kier molecular flexibility index (Phi) is 6.73. The molecule has 22 heavy (non-hydrogen) atoms. The lowest BCUT2D eigenvalue weighted by Crippen LogP contribution is -2.50. The average Bonchev–Trinajstić information content (AvgIpc) is 2.86. The van der Waals surface area contributed by atoms with E-state index in [2.05, 4.69) is 16.0 Å². The zero-order valence-electron chi connectivity index (χ0n) is 11.9. The lowest BCUT2D eigenvalue weighted by atomic mass is 10.1. The number of carbonyl (C=O) groups excluding carboxylic acids is 3. The molecule has 1 fully saturated rings. The summed E-state index contributed by atoms with van der Waals surface area (Å²) >= 11 is 0. The lowest BCUT2D eigenvalue weighted by molar-refractivity contribution is -0.137. The maximum absolute atomic E-state index is 11.7. The number of primary amides is 1. The van der Waals surface area contributed by atoms with Gasteiger partial charge < -0.3 is 31.9 Å². The van der Waals surface area contributed by atoms with Gasteiger partial charge in [0.05, 0.1) is 18.7 Å². The Balaban J connectivity index is 2.35. The maximum Gasteiger partial charge on any atom is 0.303 e. The topological polar surface area (TPSA) is 171 Å². The number of hydrogen-bond acceptors (Lipinski definition) is 6. The van der Waals surface area contributed by atoms with Gasteiger partial charge in [0.1, 0.15) is 6.04 Å². The quantitative estimate of drug-likeness (QED) is 0.272. The van der Waals surface area contributed by atoms with Crippen LogP contribution < -0.4 is 21.7 Å². The first kappa shape index (κ1) is 17.9. The lowest BCUT2D eigenvalue weighted by Gasteiger charge is -2.15. The number of aliphatic hydroxyl groups is 1. The molecule has 0 spiro atoms. The Morgan fingerprint density at radius 3 is 2.50 bits per heavy atom. The van der Waals surface area contributed by atoms with Crippen molar-refractivity contribution in [2.24, 2.45) is 5.73 Å². The van der Waals surface area contributed by atoms with Gasteiger partial charge in [-0.05, 0) is 12.8 Å². The molecule has 3 amide bonds. The summed E-state index contributed by atoms with van der Waals surface area (Å²) in [6.07, 6.45) is -0.777. The molecule has 0 aromatic rings. The molecule has 0 aromatic carbocycles. The van der Waals surface area contributed by atoms with Crippen molar-refractivity contribution in [3.63, 3.8) is 0 Å². The van der Waals surface area contributed by atoms with Crippen molar-refractivity contribution >= 4 is 23.7 Å². The molecule has 0 bridgehead atoms. The minimum absolute atomic E-state index is 0.124. The molecule has 3 atom stereocenters. The van der Waals surface area contributed by atoms with E-state index in [4.69, 9.17) is 10.8 Å². The van der Waals surface area contributed by atoms with Crippen molar-refractivity contribution < 1.29 is 29.4 Å². The summed E-state index contributed by atoms with van der Waals surface area (Å²) < 4.78 is 0. The van der Waals surface area contributed by atoms with Crippen LogP contribution in [0.2, 0.25) is 0 Å². The minimum atomic E-state index is -1.11. The molecule has 1 saturated heterocycles. The first-order valence-corrected chi connectivity index (χ1v) is 6.79. The third kappa shape index (κ3) is 6.06. The molecule has 7 N–H and O–H groups in total. The third-order valence-corrected chi connectivity index (χ3v) is 3.17. The Morgan fingerprint density at radius 1 is 1.32 bits per heavy atom. The fourth-order valence-electron chi connectivity index (χ4n) is 2.01. The van der Waals surface area contributed by atoms with E-state index in [-0.39, 0.29) is 25.8 Å². The van der Waals surface area contributed by atoms with Gasteiger partial charge in [0, 0.05) is 13.0 Å². The average molecular weight is 316 g/mol. The monoisotopic (exact) mass is 316 g/mol. The fourth-order valence-corrected chi connectivity index (χ4v) is 2.01. The van der Waals surface area contributed by atoms with Crippen molar-refractivity contribution in [3.05, 3.63) is 0 Å². The molecular formula is C12H20N4O6. The number of nitrogens with two attached hydrogens (primary N) is 1. The van der Waals surface area contributed by atoms with Crippen LogP contribution in [0.1, 0.15) is 19.3 Å². The number of carbonyl (C=O) groups is 4. The second-order valence-corrected chi connectivity index (χ2v) is 5.02. The number of aliphatic carboxylic acids is 1. The van der Waals surface area contributed by atoms with E-state index in [9.17, 15) is 24.3 Å². The van der Waals surface area contributed by atoms with Gasteiger partial charge >= 0.3 is 5.97 Å².